The Kier molecular flexibility index (Phi) is 6.28. The summed E-state index contributed by atoms with van der Waals surface area (Å²) in [5.74, 6) is -0.478. The molecule has 154 valence electrons. The van der Waals surface area contributed by atoms with Crippen LogP contribution in [0.3, 0.4) is 0 Å². The van der Waals surface area contributed by atoms with E-state index in [1.165, 1.54) is 5.56 Å². The number of hydrogen-bond acceptors (Lipinski definition) is 2. The summed E-state index contributed by atoms with van der Waals surface area (Å²) in [6, 6.07) is 13.9. The van der Waals surface area contributed by atoms with Gasteiger partial charge in [0.05, 0.1) is 10.7 Å². The van der Waals surface area contributed by atoms with Gasteiger partial charge < -0.3 is 10.6 Å². The zero-order chi connectivity index (χ0) is 22.0. The first kappa shape index (κ1) is 21.6. The Morgan fingerprint density at radius 1 is 0.700 bits per heavy atom. The quantitative estimate of drug-likeness (QED) is 0.514. The van der Waals surface area contributed by atoms with Crippen LogP contribution in [0.1, 0.15) is 48.5 Å². The van der Waals surface area contributed by atoms with E-state index in [0.29, 0.717) is 27.5 Å². The zero-order valence-electron chi connectivity index (χ0n) is 17.8. The third kappa shape index (κ3) is 4.24. The summed E-state index contributed by atoms with van der Waals surface area (Å²) in [4.78, 5) is 25.7. The smallest absolute Gasteiger partial charge is 0.256 e. The Balaban J connectivity index is 1.85. The highest BCUT2D eigenvalue weighted by molar-refractivity contribution is 6.33. The molecule has 0 radical (unpaired) electrons. The van der Waals surface area contributed by atoms with Gasteiger partial charge in [-0.2, -0.15) is 0 Å². The van der Waals surface area contributed by atoms with E-state index in [9.17, 15) is 9.59 Å². The summed E-state index contributed by atoms with van der Waals surface area (Å²) >= 11 is 6.12. The average Bonchev–Trinajstić information content (AvgIpc) is 2.72. The Morgan fingerprint density at radius 2 is 1.30 bits per heavy atom. The standard InChI is InChI=1S/C25H25ClN2O2/c1-14-15(2)17(4)23(18(5)16(14)3)25(30)27-20-10-8-9-19(13-20)24(29)28-22-12-7-6-11-21(22)26/h6-13H,1-5H3,(H,27,30)(H,28,29). The summed E-state index contributed by atoms with van der Waals surface area (Å²) < 4.78 is 0. The normalized spacial score (nSPS) is 10.6. The molecule has 0 atom stereocenters. The van der Waals surface area contributed by atoms with Crippen molar-refractivity contribution in [3.8, 4) is 0 Å². The van der Waals surface area contributed by atoms with Crippen molar-refractivity contribution < 1.29 is 9.59 Å². The Labute approximate surface area is 182 Å². The summed E-state index contributed by atoms with van der Waals surface area (Å²) in [6.45, 7) is 10.1. The third-order valence-electron chi connectivity index (χ3n) is 5.73. The van der Waals surface area contributed by atoms with Crippen LogP contribution in [0.15, 0.2) is 48.5 Å². The number of carbonyl (C=O) groups excluding carboxylic acids is 2. The van der Waals surface area contributed by atoms with Gasteiger partial charge >= 0.3 is 0 Å². The van der Waals surface area contributed by atoms with Crippen LogP contribution in [0, 0.1) is 34.6 Å². The van der Waals surface area contributed by atoms with Crippen molar-refractivity contribution >= 4 is 34.8 Å². The Morgan fingerprint density at radius 3 is 1.93 bits per heavy atom. The predicted octanol–water partition coefficient (Wildman–Crippen LogP) is 6.39. The second kappa shape index (κ2) is 8.72. The molecule has 0 aliphatic rings. The lowest BCUT2D eigenvalue weighted by Gasteiger charge is -2.18. The van der Waals surface area contributed by atoms with Crippen LogP contribution in [-0.2, 0) is 0 Å². The lowest BCUT2D eigenvalue weighted by molar-refractivity contribution is 0.101. The first-order chi connectivity index (χ1) is 14.2. The Hall–Kier alpha value is -3.11. The maximum atomic E-state index is 13.1. The molecular weight excluding hydrogens is 396 g/mol. The summed E-state index contributed by atoms with van der Waals surface area (Å²) in [5, 5.41) is 6.20. The van der Waals surface area contributed by atoms with Gasteiger partial charge in [0.15, 0.2) is 0 Å². The molecule has 0 spiro atoms. The van der Waals surface area contributed by atoms with Gasteiger partial charge in [-0.05, 0) is 92.8 Å². The van der Waals surface area contributed by atoms with E-state index in [-0.39, 0.29) is 11.8 Å². The fraction of sp³-hybridized carbons (Fsp3) is 0.200. The molecule has 0 aromatic heterocycles. The van der Waals surface area contributed by atoms with Gasteiger partial charge in [-0.25, -0.2) is 0 Å². The van der Waals surface area contributed by atoms with Crippen molar-refractivity contribution in [3.63, 3.8) is 0 Å². The maximum Gasteiger partial charge on any atom is 0.256 e. The fourth-order valence-electron chi connectivity index (χ4n) is 3.53. The number of carbonyl (C=O) groups is 2. The van der Waals surface area contributed by atoms with Crippen molar-refractivity contribution in [1.29, 1.82) is 0 Å². The first-order valence-electron chi connectivity index (χ1n) is 9.75. The largest absolute Gasteiger partial charge is 0.322 e. The zero-order valence-corrected chi connectivity index (χ0v) is 18.6. The van der Waals surface area contributed by atoms with Crippen molar-refractivity contribution in [3.05, 3.63) is 92.5 Å². The number of halogens is 1. The van der Waals surface area contributed by atoms with E-state index < -0.39 is 0 Å². The third-order valence-corrected chi connectivity index (χ3v) is 6.06. The van der Waals surface area contributed by atoms with Crippen molar-refractivity contribution in [1.82, 2.24) is 0 Å². The molecule has 2 amide bonds. The minimum atomic E-state index is -0.298. The minimum absolute atomic E-state index is 0.181. The van der Waals surface area contributed by atoms with Crippen LogP contribution < -0.4 is 10.6 Å². The molecule has 0 bridgehead atoms. The molecule has 0 saturated heterocycles. The maximum absolute atomic E-state index is 13.1. The van der Waals surface area contributed by atoms with Crippen LogP contribution >= 0.6 is 11.6 Å². The first-order valence-corrected chi connectivity index (χ1v) is 10.1. The molecule has 3 aromatic carbocycles. The van der Waals surface area contributed by atoms with Gasteiger partial charge in [0.2, 0.25) is 0 Å². The van der Waals surface area contributed by atoms with Gasteiger partial charge in [0.25, 0.3) is 11.8 Å². The lowest BCUT2D eigenvalue weighted by atomic mass is 9.89. The van der Waals surface area contributed by atoms with E-state index in [2.05, 4.69) is 17.6 Å². The van der Waals surface area contributed by atoms with E-state index in [0.717, 1.165) is 22.3 Å². The van der Waals surface area contributed by atoms with Crippen LogP contribution in [-0.4, -0.2) is 11.8 Å². The Bertz CT molecular complexity index is 1120. The molecule has 30 heavy (non-hydrogen) atoms. The molecule has 0 aliphatic carbocycles. The summed E-state index contributed by atoms with van der Waals surface area (Å²) in [7, 11) is 0. The SMILES string of the molecule is Cc1c(C)c(C)c(C(=O)Nc2cccc(C(=O)Nc3ccccc3Cl)c2)c(C)c1C. The van der Waals surface area contributed by atoms with Crippen molar-refractivity contribution in [2.75, 3.05) is 10.6 Å². The van der Waals surface area contributed by atoms with Crippen molar-refractivity contribution in [2.45, 2.75) is 34.6 Å². The molecule has 0 fully saturated rings. The van der Waals surface area contributed by atoms with Gasteiger partial charge in [0.1, 0.15) is 0 Å². The van der Waals surface area contributed by atoms with Crippen LogP contribution in [0.4, 0.5) is 11.4 Å². The molecule has 0 unspecified atom stereocenters. The van der Waals surface area contributed by atoms with E-state index >= 15 is 0 Å². The summed E-state index contributed by atoms with van der Waals surface area (Å²) in [5.41, 5.74) is 7.60. The average molecular weight is 421 g/mol. The number of amides is 2. The molecule has 5 heteroatoms. The van der Waals surface area contributed by atoms with Gasteiger partial charge in [-0.1, -0.05) is 29.8 Å². The van der Waals surface area contributed by atoms with Gasteiger partial charge in [-0.3, -0.25) is 9.59 Å². The molecule has 0 heterocycles. The molecule has 4 nitrogen and oxygen atoms in total. The number of rotatable bonds is 4. The molecule has 0 saturated carbocycles. The van der Waals surface area contributed by atoms with Crippen LogP contribution in [0.2, 0.25) is 5.02 Å². The van der Waals surface area contributed by atoms with E-state index in [1.54, 1.807) is 48.5 Å². The highest BCUT2D eigenvalue weighted by Crippen LogP contribution is 2.27. The molecule has 3 aromatic rings. The number of nitrogens with one attached hydrogen (secondary N) is 2. The fourth-order valence-corrected chi connectivity index (χ4v) is 3.71. The number of anilines is 2. The number of hydrogen-bond donors (Lipinski definition) is 2. The van der Waals surface area contributed by atoms with Crippen LogP contribution in [0.25, 0.3) is 0 Å². The lowest BCUT2D eigenvalue weighted by Crippen LogP contribution is -2.18. The molecular formula is C25H25ClN2O2. The van der Waals surface area contributed by atoms with Gasteiger partial charge in [-0.15, -0.1) is 0 Å². The second-order valence-electron chi connectivity index (χ2n) is 7.47. The number of para-hydroxylation sites is 1. The topological polar surface area (TPSA) is 58.2 Å². The second-order valence-corrected chi connectivity index (χ2v) is 7.88. The molecule has 3 rings (SSSR count). The summed E-state index contributed by atoms with van der Waals surface area (Å²) in [6.07, 6.45) is 0. The number of benzene rings is 3. The van der Waals surface area contributed by atoms with E-state index in [4.69, 9.17) is 11.6 Å². The minimum Gasteiger partial charge on any atom is -0.322 e. The molecule has 0 aliphatic heterocycles. The van der Waals surface area contributed by atoms with Crippen molar-refractivity contribution in [2.24, 2.45) is 0 Å². The highest BCUT2D eigenvalue weighted by Gasteiger charge is 2.18. The van der Waals surface area contributed by atoms with Crippen LogP contribution in [0.5, 0.6) is 0 Å². The van der Waals surface area contributed by atoms with Gasteiger partial charge in [0, 0.05) is 16.8 Å². The predicted molar refractivity (Wildman–Crippen MR) is 124 cm³/mol. The van der Waals surface area contributed by atoms with E-state index in [1.807, 2.05) is 27.7 Å². The molecule has 2 N–H and O–H groups in total. The monoisotopic (exact) mass is 420 g/mol. The highest BCUT2D eigenvalue weighted by atomic mass is 35.5.